The molecule has 10 nitrogen and oxygen atoms in total. The Hall–Kier alpha value is -3.89. The van der Waals surface area contributed by atoms with Crippen molar-refractivity contribution in [3.8, 4) is 22.9 Å². The second-order valence-electron chi connectivity index (χ2n) is 10.2. The average Bonchev–Trinajstić information content (AvgIpc) is 3.48. The largest absolute Gasteiger partial charge is 0.493 e. The van der Waals surface area contributed by atoms with Gasteiger partial charge in [-0.05, 0) is 49.1 Å². The minimum Gasteiger partial charge on any atom is -0.493 e. The van der Waals surface area contributed by atoms with Gasteiger partial charge in [-0.15, -0.1) is 10.2 Å². The molecule has 2 heterocycles. The second-order valence-corrected chi connectivity index (χ2v) is 10.6. The highest BCUT2D eigenvalue weighted by molar-refractivity contribution is 6.30. The molecular formula is C29H34ClN5O5. The Labute approximate surface area is 237 Å². The molecule has 2 aromatic carbocycles. The van der Waals surface area contributed by atoms with Gasteiger partial charge in [-0.25, -0.2) is 4.68 Å². The molecule has 11 heteroatoms. The number of carbonyl (C=O) groups excluding carboxylic acids is 1. The molecule has 4 rings (SSSR count). The number of benzene rings is 2. The summed E-state index contributed by atoms with van der Waals surface area (Å²) in [6.07, 6.45) is 1.26. The highest BCUT2D eigenvalue weighted by Gasteiger charge is 2.26. The maximum absolute atomic E-state index is 13.3. The normalized spacial score (nSPS) is 11.6. The molecule has 0 aliphatic carbocycles. The Morgan fingerprint density at radius 2 is 1.90 bits per heavy atom. The number of aryl methyl sites for hydroxylation is 1. The van der Waals surface area contributed by atoms with Gasteiger partial charge in [-0.2, -0.15) is 0 Å². The van der Waals surface area contributed by atoms with E-state index in [1.807, 2.05) is 51.1 Å². The molecule has 40 heavy (non-hydrogen) atoms. The molecule has 0 saturated carbocycles. The Morgan fingerprint density at radius 3 is 2.60 bits per heavy atom. The Balaban J connectivity index is 1.45. The fourth-order valence-electron chi connectivity index (χ4n) is 4.50. The summed E-state index contributed by atoms with van der Waals surface area (Å²) >= 11 is 6.17. The first kappa shape index (κ1) is 29.1. The van der Waals surface area contributed by atoms with Crippen LogP contribution < -0.4 is 15.6 Å². The lowest BCUT2D eigenvalue weighted by Crippen LogP contribution is -2.26. The molecule has 0 unspecified atom stereocenters. The van der Waals surface area contributed by atoms with Gasteiger partial charge >= 0.3 is 0 Å². The van der Waals surface area contributed by atoms with Crippen LogP contribution in [0, 0.1) is 5.41 Å². The maximum atomic E-state index is 13.3. The first-order chi connectivity index (χ1) is 19.1. The summed E-state index contributed by atoms with van der Waals surface area (Å²) in [6.45, 7) is 6.52. The summed E-state index contributed by atoms with van der Waals surface area (Å²) in [6, 6.07) is 14.5. The van der Waals surface area contributed by atoms with Crippen molar-refractivity contribution in [3.63, 3.8) is 0 Å². The van der Waals surface area contributed by atoms with Crippen LogP contribution in [0.1, 0.15) is 45.2 Å². The number of aromatic nitrogens is 4. The lowest BCUT2D eigenvalue weighted by atomic mass is 9.84. The Morgan fingerprint density at radius 1 is 1.15 bits per heavy atom. The van der Waals surface area contributed by atoms with Gasteiger partial charge in [-0.3, -0.25) is 14.3 Å². The van der Waals surface area contributed by atoms with Gasteiger partial charge in [0.05, 0.1) is 30.2 Å². The number of halogens is 1. The van der Waals surface area contributed by atoms with Crippen molar-refractivity contribution in [2.24, 2.45) is 12.5 Å². The van der Waals surface area contributed by atoms with Gasteiger partial charge in [0, 0.05) is 32.0 Å². The number of hydrogen-bond donors (Lipinski definition) is 1. The van der Waals surface area contributed by atoms with E-state index >= 15 is 0 Å². The molecule has 0 aliphatic heterocycles. The number of methoxy groups -OCH3 is 1. The summed E-state index contributed by atoms with van der Waals surface area (Å²) in [4.78, 5) is 26.5. The maximum Gasteiger partial charge on any atom is 0.295 e. The summed E-state index contributed by atoms with van der Waals surface area (Å²) in [5.74, 6) is 1.11. The van der Waals surface area contributed by atoms with Crippen LogP contribution in [-0.2, 0) is 29.6 Å². The number of ether oxygens (including phenoxy) is 2. The zero-order chi connectivity index (χ0) is 28.9. The number of rotatable bonds is 12. The third-order valence-electron chi connectivity index (χ3n) is 6.53. The third-order valence-corrected chi connectivity index (χ3v) is 6.76. The van der Waals surface area contributed by atoms with Crippen LogP contribution in [0.15, 0.2) is 57.7 Å². The van der Waals surface area contributed by atoms with E-state index in [9.17, 15) is 9.59 Å². The molecular weight excluding hydrogens is 534 g/mol. The van der Waals surface area contributed by atoms with Gasteiger partial charge < -0.3 is 19.2 Å². The molecule has 1 amide bonds. The highest BCUT2D eigenvalue weighted by atomic mass is 35.5. The van der Waals surface area contributed by atoms with E-state index in [0.717, 1.165) is 0 Å². The quantitative estimate of drug-likeness (QED) is 0.243. The number of amides is 1. The van der Waals surface area contributed by atoms with Crippen molar-refractivity contribution < 1.29 is 18.7 Å². The van der Waals surface area contributed by atoms with Crippen molar-refractivity contribution >= 4 is 23.2 Å². The van der Waals surface area contributed by atoms with Crippen molar-refractivity contribution in [3.05, 3.63) is 75.5 Å². The van der Waals surface area contributed by atoms with Crippen LogP contribution in [-0.4, -0.2) is 39.2 Å². The first-order valence-electron chi connectivity index (χ1n) is 13.0. The molecule has 0 spiro atoms. The van der Waals surface area contributed by atoms with Gasteiger partial charge in [0.25, 0.3) is 11.4 Å². The lowest BCUT2D eigenvalue weighted by Gasteiger charge is -2.23. The zero-order valence-corrected chi connectivity index (χ0v) is 24.1. The molecule has 212 valence electrons. The van der Waals surface area contributed by atoms with Gasteiger partial charge in [0.1, 0.15) is 11.4 Å². The first-order valence-corrected chi connectivity index (χ1v) is 13.4. The Kier molecular flexibility index (Phi) is 9.11. The second kappa shape index (κ2) is 12.5. The fraction of sp³-hybridized carbons (Fsp3) is 0.379. The number of hydrogen-bond acceptors (Lipinski definition) is 7. The van der Waals surface area contributed by atoms with E-state index in [-0.39, 0.29) is 30.2 Å². The summed E-state index contributed by atoms with van der Waals surface area (Å²) in [5.41, 5.74) is 1.37. The standard InChI is InChI=1S/C29H34ClN5O5/c1-6-39-23-13-12-19(30)16-21(23)27-33-32-25(40-27)14-15-29(2,3)17-24(36)31-26-22(18-38-5)34(4)35(28(26)37)20-10-8-7-9-11-20/h7-13,16H,6,14-15,17-18H2,1-5H3,(H,31,36). The fourth-order valence-corrected chi connectivity index (χ4v) is 4.67. The molecule has 0 aliphatic rings. The van der Waals surface area contributed by atoms with Gasteiger partial charge in [0.15, 0.2) is 0 Å². The molecule has 1 N–H and O–H groups in total. The summed E-state index contributed by atoms with van der Waals surface area (Å²) in [7, 11) is 3.31. The Bertz CT molecular complexity index is 1520. The predicted octanol–water partition coefficient (Wildman–Crippen LogP) is 5.41. The van der Waals surface area contributed by atoms with Crippen LogP contribution in [0.25, 0.3) is 17.1 Å². The SMILES string of the molecule is CCOc1ccc(Cl)cc1-c1nnc(CCC(C)(C)CC(=O)Nc2c(COC)n(C)n(-c3ccccc3)c2=O)o1. The third kappa shape index (κ3) is 6.63. The molecule has 0 radical (unpaired) electrons. The zero-order valence-electron chi connectivity index (χ0n) is 23.4. The van der Waals surface area contributed by atoms with Gasteiger partial charge in [0.2, 0.25) is 11.8 Å². The highest BCUT2D eigenvalue weighted by Crippen LogP contribution is 2.33. The van der Waals surface area contributed by atoms with Gasteiger partial charge in [-0.1, -0.05) is 43.6 Å². The molecule has 0 saturated heterocycles. The number of carbonyl (C=O) groups is 1. The number of nitrogens with zero attached hydrogens (tertiary/aromatic N) is 4. The van der Waals surface area contributed by atoms with E-state index in [0.29, 0.717) is 58.9 Å². The van der Waals surface area contributed by atoms with Crippen LogP contribution in [0.4, 0.5) is 5.69 Å². The lowest BCUT2D eigenvalue weighted by molar-refractivity contribution is -0.118. The van der Waals surface area contributed by atoms with E-state index in [1.54, 1.807) is 37.0 Å². The van der Waals surface area contributed by atoms with Crippen LogP contribution in [0.2, 0.25) is 5.02 Å². The predicted molar refractivity (Wildman–Crippen MR) is 153 cm³/mol. The molecule has 0 bridgehead atoms. The summed E-state index contributed by atoms with van der Waals surface area (Å²) in [5, 5.41) is 11.7. The van der Waals surface area contributed by atoms with Crippen molar-refractivity contribution in [2.45, 2.75) is 46.6 Å². The van der Waals surface area contributed by atoms with E-state index < -0.39 is 5.41 Å². The monoisotopic (exact) mass is 567 g/mol. The minimum atomic E-state index is -0.417. The van der Waals surface area contributed by atoms with Crippen molar-refractivity contribution in [2.75, 3.05) is 19.0 Å². The van der Waals surface area contributed by atoms with E-state index in [1.165, 1.54) is 4.68 Å². The smallest absolute Gasteiger partial charge is 0.295 e. The number of para-hydroxylation sites is 1. The topological polar surface area (TPSA) is 113 Å². The summed E-state index contributed by atoms with van der Waals surface area (Å²) < 4.78 is 20.1. The van der Waals surface area contributed by atoms with E-state index in [4.69, 9.17) is 25.5 Å². The van der Waals surface area contributed by atoms with E-state index in [2.05, 4.69) is 15.5 Å². The van der Waals surface area contributed by atoms with Crippen LogP contribution in [0.3, 0.4) is 0 Å². The van der Waals surface area contributed by atoms with Crippen molar-refractivity contribution in [1.29, 1.82) is 0 Å². The molecule has 0 fully saturated rings. The number of anilines is 1. The van der Waals surface area contributed by atoms with Crippen LogP contribution >= 0.6 is 11.6 Å². The molecule has 0 atom stereocenters. The van der Waals surface area contributed by atoms with Crippen LogP contribution in [0.5, 0.6) is 5.75 Å². The van der Waals surface area contributed by atoms with Crippen molar-refractivity contribution in [1.82, 2.24) is 19.6 Å². The number of nitrogens with one attached hydrogen (secondary N) is 1. The average molecular weight is 568 g/mol. The molecule has 2 aromatic heterocycles. The minimum absolute atomic E-state index is 0.168. The molecule has 4 aromatic rings.